The second-order valence-electron chi connectivity index (χ2n) is 11.4. The molecule has 0 N–H and O–H groups in total. The molecule has 0 aliphatic heterocycles. The van der Waals surface area contributed by atoms with Gasteiger partial charge in [0, 0.05) is 17.1 Å². The Morgan fingerprint density at radius 2 is 0.644 bits per heavy atom. The van der Waals surface area contributed by atoms with Crippen molar-refractivity contribution in [3.8, 4) is 33.4 Å². The Morgan fingerprint density at radius 1 is 0.244 bits per heavy atom. The second kappa shape index (κ2) is 11.6. The summed E-state index contributed by atoms with van der Waals surface area (Å²) in [6.07, 6.45) is 0. The number of hydrogen-bond acceptors (Lipinski definition) is 1. The number of anilines is 3. The summed E-state index contributed by atoms with van der Waals surface area (Å²) < 4.78 is 0. The molecule has 0 amide bonds. The summed E-state index contributed by atoms with van der Waals surface area (Å²) in [6.45, 7) is 0. The zero-order chi connectivity index (χ0) is 30.0. The van der Waals surface area contributed by atoms with Gasteiger partial charge < -0.3 is 4.90 Å². The minimum atomic E-state index is 1.12. The molecule has 0 aliphatic rings. The van der Waals surface area contributed by atoms with Crippen LogP contribution in [0.15, 0.2) is 188 Å². The van der Waals surface area contributed by atoms with Gasteiger partial charge in [-0.15, -0.1) is 0 Å². The van der Waals surface area contributed by atoms with E-state index in [4.69, 9.17) is 0 Å². The Morgan fingerprint density at radius 3 is 1.24 bits per heavy atom. The number of nitrogens with zero attached hydrogens (tertiary/aromatic N) is 1. The van der Waals surface area contributed by atoms with Gasteiger partial charge in [-0.3, -0.25) is 0 Å². The zero-order valence-corrected chi connectivity index (χ0v) is 24.8. The highest BCUT2D eigenvalue weighted by Gasteiger charge is 2.15. The van der Waals surface area contributed by atoms with Crippen LogP contribution in [0.2, 0.25) is 0 Å². The Hall–Kier alpha value is -5.92. The first kappa shape index (κ1) is 26.7. The average Bonchev–Trinajstić information content (AvgIpc) is 3.12. The molecule has 0 atom stereocenters. The third-order valence-corrected chi connectivity index (χ3v) is 8.63. The van der Waals surface area contributed by atoms with E-state index < -0.39 is 0 Å². The van der Waals surface area contributed by atoms with Crippen LogP contribution in [0, 0.1) is 0 Å². The highest BCUT2D eigenvalue weighted by Crippen LogP contribution is 2.40. The molecule has 0 saturated carbocycles. The number of rotatable bonds is 6. The number of fused-ring (bicyclic) bond motifs is 2. The fraction of sp³-hybridized carbons (Fsp3) is 0. The van der Waals surface area contributed by atoms with E-state index in [1.807, 2.05) is 0 Å². The number of para-hydroxylation sites is 1. The van der Waals surface area contributed by atoms with Crippen LogP contribution in [-0.2, 0) is 0 Å². The van der Waals surface area contributed by atoms with E-state index in [0.29, 0.717) is 0 Å². The van der Waals surface area contributed by atoms with Crippen LogP contribution in [0.4, 0.5) is 17.1 Å². The van der Waals surface area contributed by atoms with Crippen molar-refractivity contribution in [3.63, 3.8) is 0 Å². The van der Waals surface area contributed by atoms with E-state index in [2.05, 4.69) is 193 Å². The molecule has 0 radical (unpaired) electrons. The van der Waals surface area contributed by atoms with Gasteiger partial charge in [0.1, 0.15) is 0 Å². The lowest BCUT2D eigenvalue weighted by atomic mass is 9.90. The minimum absolute atomic E-state index is 1.12. The van der Waals surface area contributed by atoms with Gasteiger partial charge in [-0.25, -0.2) is 0 Å². The lowest BCUT2D eigenvalue weighted by Gasteiger charge is -2.26. The maximum Gasteiger partial charge on any atom is 0.0462 e. The van der Waals surface area contributed by atoms with E-state index in [9.17, 15) is 0 Å². The Balaban J connectivity index is 1.22. The molecule has 0 aromatic heterocycles. The standard InChI is InChI=1S/C44H31N/c1-3-11-32(12-4-1)34-21-25-41(26-22-34)45(40-17-5-2-6-18-40)42-27-23-35(24-28-42)43-30-37-15-9-10-16-38(37)31-44(43)39-20-19-33-13-7-8-14-36(33)29-39/h1-31H. The average molecular weight is 574 g/mol. The van der Waals surface area contributed by atoms with Crippen LogP contribution >= 0.6 is 0 Å². The molecule has 8 rings (SSSR count). The van der Waals surface area contributed by atoms with Gasteiger partial charge in [0.2, 0.25) is 0 Å². The summed E-state index contributed by atoms with van der Waals surface area (Å²) in [6, 6.07) is 67.7. The lowest BCUT2D eigenvalue weighted by molar-refractivity contribution is 1.28. The van der Waals surface area contributed by atoms with Gasteiger partial charge in [0.05, 0.1) is 0 Å². The molecule has 0 bridgehead atoms. The molecule has 0 saturated heterocycles. The molecule has 0 aliphatic carbocycles. The maximum atomic E-state index is 2.34. The highest BCUT2D eigenvalue weighted by molar-refractivity contribution is 5.98. The molecular weight excluding hydrogens is 542 g/mol. The summed E-state index contributed by atoms with van der Waals surface area (Å²) in [5.41, 5.74) is 10.7. The van der Waals surface area contributed by atoms with Gasteiger partial charge >= 0.3 is 0 Å². The molecule has 8 aromatic carbocycles. The van der Waals surface area contributed by atoms with E-state index in [1.54, 1.807) is 0 Å². The Kier molecular flexibility index (Phi) is 6.90. The van der Waals surface area contributed by atoms with Crippen LogP contribution in [0.1, 0.15) is 0 Å². The molecule has 0 spiro atoms. The van der Waals surface area contributed by atoms with Crippen LogP contribution in [0.25, 0.3) is 54.9 Å². The molecule has 0 heterocycles. The van der Waals surface area contributed by atoms with Crippen molar-refractivity contribution in [3.05, 3.63) is 188 Å². The maximum absolute atomic E-state index is 2.34. The molecular formula is C44H31N. The zero-order valence-electron chi connectivity index (χ0n) is 24.8. The predicted molar refractivity (Wildman–Crippen MR) is 192 cm³/mol. The third-order valence-electron chi connectivity index (χ3n) is 8.63. The molecule has 212 valence electrons. The summed E-state index contributed by atoms with van der Waals surface area (Å²) >= 11 is 0. The summed E-state index contributed by atoms with van der Waals surface area (Å²) in [7, 11) is 0. The van der Waals surface area contributed by atoms with Crippen LogP contribution < -0.4 is 4.90 Å². The van der Waals surface area contributed by atoms with Crippen molar-refractivity contribution in [2.24, 2.45) is 0 Å². The van der Waals surface area contributed by atoms with Gasteiger partial charge in [-0.1, -0.05) is 133 Å². The first-order valence-electron chi connectivity index (χ1n) is 15.4. The van der Waals surface area contributed by atoms with E-state index in [-0.39, 0.29) is 0 Å². The first-order chi connectivity index (χ1) is 22.3. The number of benzene rings is 8. The quantitative estimate of drug-likeness (QED) is 0.191. The van der Waals surface area contributed by atoms with Crippen molar-refractivity contribution >= 4 is 38.6 Å². The lowest BCUT2D eigenvalue weighted by Crippen LogP contribution is -2.09. The van der Waals surface area contributed by atoms with Crippen molar-refractivity contribution < 1.29 is 0 Å². The molecule has 1 nitrogen and oxygen atoms in total. The summed E-state index contributed by atoms with van der Waals surface area (Å²) in [5, 5.41) is 4.99. The Bertz CT molecular complexity index is 2230. The SMILES string of the molecule is c1ccc(-c2ccc(N(c3ccccc3)c3ccc(-c4cc5ccccc5cc4-c4ccc5ccccc5c4)cc3)cc2)cc1. The minimum Gasteiger partial charge on any atom is -0.311 e. The van der Waals surface area contributed by atoms with Gasteiger partial charge in [0.25, 0.3) is 0 Å². The summed E-state index contributed by atoms with van der Waals surface area (Å²) in [5.74, 6) is 0. The highest BCUT2D eigenvalue weighted by atomic mass is 15.1. The topological polar surface area (TPSA) is 3.24 Å². The van der Waals surface area contributed by atoms with E-state index in [0.717, 1.165) is 17.1 Å². The van der Waals surface area contributed by atoms with Crippen molar-refractivity contribution in [1.29, 1.82) is 0 Å². The van der Waals surface area contributed by atoms with Crippen molar-refractivity contribution in [2.45, 2.75) is 0 Å². The van der Waals surface area contributed by atoms with Crippen molar-refractivity contribution in [2.75, 3.05) is 4.90 Å². The third kappa shape index (κ3) is 5.26. The fourth-order valence-electron chi connectivity index (χ4n) is 6.32. The fourth-order valence-corrected chi connectivity index (χ4v) is 6.32. The predicted octanol–water partition coefficient (Wildman–Crippen LogP) is 12.5. The van der Waals surface area contributed by atoms with Crippen molar-refractivity contribution in [1.82, 2.24) is 0 Å². The normalized spacial score (nSPS) is 11.1. The largest absolute Gasteiger partial charge is 0.311 e. The van der Waals surface area contributed by atoms with E-state index in [1.165, 1.54) is 54.9 Å². The molecule has 0 unspecified atom stereocenters. The van der Waals surface area contributed by atoms with Gasteiger partial charge in [-0.05, 0) is 110 Å². The second-order valence-corrected chi connectivity index (χ2v) is 11.4. The Labute approximate surface area is 264 Å². The molecule has 1 heteroatoms. The monoisotopic (exact) mass is 573 g/mol. The van der Waals surface area contributed by atoms with Crippen LogP contribution in [-0.4, -0.2) is 0 Å². The van der Waals surface area contributed by atoms with Gasteiger partial charge in [0.15, 0.2) is 0 Å². The molecule has 8 aromatic rings. The van der Waals surface area contributed by atoms with Crippen LogP contribution in [0.5, 0.6) is 0 Å². The smallest absolute Gasteiger partial charge is 0.0462 e. The van der Waals surface area contributed by atoms with Gasteiger partial charge in [-0.2, -0.15) is 0 Å². The molecule has 45 heavy (non-hydrogen) atoms. The number of hydrogen-bond donors (Lipinski definition) is 0. The van der Waals surface area contributed by atoms with E-state index >= 15 is 0 Å². The first-order valence-corrected chi connectivity index (χ1v) is 15.4. The van der Waals surface area contributed by atoms with Crippen LogP contribution in [0.3, 0.4) is 0 Å². The summed E-state index contributed by atoms with van der Waals surface area (Å²) in [4.78, 5) is 2.32. The molecule has 0 fully saturated rings.